The van der Waals surface area contributed by atoms with Crippen molar-refractivity contribution in [1.29, 1.82) is 0 Å². The Kier molecular flexibility index (Phi) is 3.22. The summed E-state index contributed by atoms with van der Waals surface area (Å²) < 4.78 is 29.0. The van der Waals surface area contributed by atoms with Gasteiger partial charge in [-0.1, -0.05) is 11.2 Å². The van der Waals surface area contributed by atoms with Crippen LogP contribution in [0.1, 0.15) is 22.5 Å². The molecule has 18 heavy (non-hydrogen) atoms. The SMILES string of the molecule is Nc1cccc(C(=O)Nc2cc(C(F)F)no2)c1. The lowest BCUT2D eigenvalue weighted by molar-refractivity contribution is 0.102. The average Bonchev–Trinajstić information content (AvgIpc) is 2.77. The minimum atomic E-state index is -2.74. The molecule has 0 spiro atoms. The van der Waals surface area contributed by atoms with Crippen molar-refractivity contribution >= 4 is 17.5 Å². The molecule has 0 fully saturated rings. The van der Waals surface area contributed by atoms with Gasteiger partial charge < -0.3 is 10.3 Å². The zero-order chi connectivity index (χ0) is 13.1. The highest BCUT2D eigenvalue weighted by molar-refractivity contribution is 6.04. The summed E-state index contributed by atoms with van der Waals surface area (Å²) in [6.45, 7) is 0. The Bertz CT molecular complexity index is 569. The molecule has 94 valence electrons. The van der Waals surface area contributed by atoms with Gasteiger partial charge >= 0.3 is 0 Å². The van der Waals surface area contributed by atoms with Gasteiger partial charge in [-0.15, -0.1) is 0 Å². The number of nitrogens with one attached hydrogen (secondary N) is 1. The number of hydrogen-bond donors (Lipinski definition) is 2. The fraction of sp³-hybridized carbons (Fsp3) is 0.0909. The van der Waals surface area contributed by atoms with Gasteiger partial charge in [0, 0.05) is 17.3 Å². The van der Waals surface area contributed by atoms with Gasteiger partial charge in [0.25, 0.3) is 12.3 Å². The Morgan fingerprint density at radius 2 is 2.17 bits per heavy atom. The Balaban J connectivity index is 2.11. The lowest BCUT2D eigenvalue weighted by atomic mass is 10.2. The third kappa shape index (κ3) is 2.62. The van der Waals surface area contributed by atoms with E-state index in [4.69, 9.17) is 5.73 Å². The van der Waals surface area contributed by atoms with Crippen molar-refractivity contribution in [3.8, 4) is 0 Å². The summed E-state index contributed by atoms with van der Waals surface area (Å²) in [7, 11) is 0. The number of nitrogens with zero attached hydrogens (tertiary/aromatic N) is 1. The Labute approximate surface area is 101 Å². The van der Waals surface area contributed by atoms with Crippen LogP contribution in [-0.2, 0) is 0 Å². The van der Waals surface area contributed by atoms with Crippen LogP contribution in [0.5, 0.6) is 0 Å². The van der Waals surface area contributed by atoms with Crippen LogP contribution in [0, 0.1) is 0 Å². The molecule has 0 saturated carbocycles. The van der Waals surface area contributed by atoms with Crippen LogP contribution in [0.4, 0.5) is 20.4 Å². The van der Waals surface area contributed by atoms with Gasteiger partial charge in [0.05, 0.1) is 0 Å². The van der Waals surface area contributed by atoms with Crippen LogP contribution in [0.2, 0.25) is 0 Å². The molecule has 1 amide bonds. The molecule has 0 radical (unpaired) electrons. The first kappa shape index (κ1) is 12.0. The van der Waals surface area contributed by atoms with Gasteiger partial charge in [0.1, 0.15) is 0 Å². The standard InChI is InChI=1S/C11H9F2N3O2/c12-10(13)8-5-9(18-16-8)15-11(17)6-2-1-3-7(14)4-6/h1-5,10H,14H2,(H,15,17). The normalized spacial score (nSPS) is 10.6. The van der Waals surface area contributed by atoms with E-state index in [0.29, 0.717) is 11.3 Å². The quantitative estimate of drug-likeness (QED) is 0.823. The first-order valence-electron chi connectivity index (χ1n) is 4.98. The van der Waals surface area contributed by atoms with E-state index >= 15 is 0 Å². The van der Waals surface area contributed by atoms with Crippen LogP contribution >= 0.6 is 0 Å². The Morgan fingerprint density at radius 3 is 2.78 bits per heavy atom. The molecule has 2 rings (SSSR count). The second-order valence-corrected chi connectivity index (χ2v) is 3.50. The second kappa shape index (κ2) is 4.82. The molecular formula is C11H9F2N3O2. The number of nitrogen functional groups attached to an aromatic ring is 1. The number of carbonyl (C=O) groups is 1. The molecular weight excluding hydrogens is 244 g/mol. The predicted octanol–water partition coefficient (Wildman–Crippen LogP) is 2.45. The van der Waals surface area contributed by atoms with Gasteiger partial charge in [0.2, 0.25) is 5.88 Å². The number of anilines is 2. The Morgan fingerprint density at radius 1 is 1.39 bits per heavy atom. The first-order chi connectivity index (χ1) is 8.56. The maximum Gasteiger partial charge on any atom is 0.283 e. The van der Waals surface area contributed by atoms with Crippen molar-refractivity contribution in [3.63, 3.8) is 0 Å². The zero-order valence-corrected chi connectivity index (χ0v) is 9.06. The predicted molar refractivity (Wildman–Crippen MR) is 60.3 cm³/mol. The summed E-state index contributed by atoms with van der Waals surface area (Å²) >= 11 is 0. The highest BCUT2D eigenvalue weighted by Gasteiger charge is 2.15. The van der Waals surface area contributed by atoms with E-state index in [2.05, 4.69) is 15.0 Å². The molecule has 0 aliphatic carbocycles. The molecule has 0 aliphatic heterocycles. The van der Waals surface area contributed by atoms with Gasteiger partial charge in [-0.25, -0.2) is 8.78 Å². The van der Waals surface area contributed by atoms with Gasteiger partial charge in [-0.2, -0.15) is 0 Å². The van der Waals surface area contributed by atoms with Crippen LogP contribution in [0.3, 0.4) is 0 Å². The fourth-order valence-electron chi connectivity index (χ4n) is 1.31. The highest BCUT2D eigenvalue weighted by atomic mass is 19.3. The summed E-state index contributed by atoms with van der Waals surface area (Å²) in [4.78, 5) is 11.7. The molecule has 3 N–H and O–H groups in total. The lowest BCUT2D eigenvalue weighted by Crippen LogP contribution is -2.11. The molecule has 1 aromatic carbocycles. The molecule has 0 unspecified atom stereocenters. The minimum absolute atomic E-state index is 0.141. The number of alkyl halides is 2. The largest absolute Gasteiger partial charge is 0.399 e. The average molecular weight is 253 g/mol. The smallest absolute Gasteiger partial charge is 0.283 e. The number of benzene rings is 1. The summed E-state index contributed by atoms with van der Waals surface area (Å²) in [5.41, 5.74) is 5.71. The van der Waals surface area contributed by atoms with Crippen molar-refractivity contribution in [3.05, 3.63) is 41.6 Å². The van der Waals surface area contributed by atoms with Gasteiger partial charge in [0.15, 0.2) is 5.69 Å². The second-order valence-electron chi connectivity index (χ2n) is 3.50. The third-order valence-corrected chi connectivity index (χ3v) is 2.14. The number of amides is 1. The maximum absolute atomic E-state index is 12.2. The molecule has 1 aromatic heterocycles. The number of aromatic nitrogens is 1. The van der Waals surface area contributed by atoms with E-state index in [9.17, 15) is 13.6 Å². The van der Waals surface area contributed by atoms with Crippen molar-refractivity contribution in [2.75, 3.05) is 11.1 Å². The van der Waals surface area contributed by atoms with Gasteiger partial charge in [-0.05, 0) is 18.2 Å². The highest BCUT2D eigenvalue weighted by Crippen LogP contribution is 2.21. The monoisotopic (exact) mass is 253 g/mol. The van der Waals surface area contributed by atoms with Crippen molar-refractivity contribution in [2.24, 2.45) is 0 Å². The third-order valence-electron chi connectivity index (χ3n) is 2.14. The van der Waals surface area contributed by atoms with Crippen LogP contribution in [0.25, 0.3) is 0 Å². The lowest BCUT2D eigenvalue weighted by Gasteiger charge is -2.01. The molecule has 1 heterocycles. The number of nitrogens with two attached hydrogens (primary N) is 1. The van der Waals surface area contributed by atoms with E-state index in [1.807, 2.05) is 0 Å². The summed E-state index contributed by atoms with van der Waals surface area (Å²) in [6.07, 6.45) is -2.74. The number of halogens is 2. The Hall–Kier alpha value is -2.44. The maximum atomic E-state index is 12.2. The van der Waals surface area contributed by atoms with Crippen LogP contribution in [0.15, 0.2) is 34.9 Å². The molecule has 0 aliphatic rings. The molecule has 0 bridgehead atoms. The van der Waals surface area contributed by atoms with Crippen molar-refractivity contribution in [1.82, 2.24) is 5.16 Å². The van der Waals surface area contributed by atoms with E-state index < -0.39 is 18.0 Å². The molecule has 0 atom stereocenters. The molecule has 7 heteroatoms. The zero-order valence-electron chi connectivity index (χ0n) is 9.06. The van der Waals surface area contributed by atoms with E-state index in [1.165, 1.54) is 12.1 Å². The number of carbonyl (C=O) groups excluding carboxylic acids is 1. The summed E-state index contributed by atoms with van der Waals surface area (Å²) in [5.74, 6) is -0.656. The molecule has 2 aromatic rings. The minimum Gasteiger partial charge on any atom is -0.399 e. The van der Waals surface area contributed by atoms with E-state index in [-0.39, 0.29) is 5.88 Å². The van der Waals surface area contributed by atoms with Crippen LogP contribution in [-0.4, -0.2) is 11.1 Å². The summed E-state index contributed by atoms with van der Waals surface area (Å²) in [6, 6.07) is 7.19. The summed E-state index contributed by atoms with van der Waals surface area (Å²) in [5, 5.41) is 5.42. The van der Waals surface area contributed by atoms with Crippen molar-refractivity contribution in [2.45, 2.75) is 6.43 Å². The number of hydrogen-bond acceptors (Lipinski definition) is 4. The topological polar surface area (TPSA) is 81.2 Å². The van der Waals surface area contributed by atoms with E-state index in [0.717, 1.165) is 6.07 Å². The molecule has 0 saturated heterocycles. The fourth-order valence-corrected chi connectivity index (χ4v) is 1.31. The molecule has 5 nitrogen and oxygen atoms in total. The van der Waals surface area contributed by atoms with Crippen molar-refractivity contribution < 1.29 is 18.1 Å². The van der Waals surface area contributed by atoms with Gasteiger partial charge in [-0.3, -0.25) is 10.1 Å². The van der Waals surface area contributed by atoms with E-state index in [1.54, 1.807) is 12.1 Å². The van der Waals surface area contributed by atoms with Crippen LogP contribution < -0.4 is 11.1 Å². The number of rotatable bonds is 3. The first-order valence-corrected chi connectivity index (χ1v) is 4.98.